The largest absolute Gasteiger partial charge is 0.367 e. The van der Waals surface area contributed by atoms with E-state index < -0.39 is 16.2 Å². The zero-order chi connectivity index (χ0) is 14.9. The molecule has 1 aromatic carbocycles. The van der Waals surface area contributed by atoms with Crippen LogP contribution in [0.4, 0.5) is 5.69 Å². The van der Waals surface area contributed by atoms with Crippen LogP contribution in [0.25, 0.3) is 0 Å². The van der Waals surface area contributed by atoms with Gasteiger partial charge in [-0.05, 0) is 12.1 Å². The summed E-state index contributed by atoms with van der Waals surface area (Å²) in [6.45, 7) is 0. The van der Waals surface area contributed by atoms with E-state index in [1.807, 2.05) is 0 Å². The van der Waals surface area contributed by atoms with Crippen molar-refractivity contribution >= 4 is 51.0 Å². The number of rotatable bonds is 4. The molecule has 7 nitrogen and oxygen atoms in total. The van der Waals surface area contributed by atoms with E-state index in [4.69, 9.17) is 29.1 Å². The monoisotopic (exact) mass is 359 g/mol. The van der Waals surface area contributed by atoms with Gasteiger partial charge in [0.1, 0.15) is 11.1 Å². The zero-order valence-electron chi connectivity index (χ0n) is 10.2. The van der Waals surface area contributed by atoms with Crippen molar-refractivity contribution in [3.8, 4) is 0 Å². The number of fused-ring (bicyclic) bond motifs is 1. The molecule has 0 amide bonds. The summed E-state index contributed by atoms with van der Waals surface area (Å²) >= 11 is 12.5. The summed E-state index contributed by atoms with van der Waals surface area (Å²) in [6.07, 6.45) is -0.535. The Hall–Kier alpha value is -0.260. The Bertz CT molecular complexity index is 613. The van der Waals surface area contributed by atoms with Gasteiger partial charge in [0.15, 0.2) is 0 Å². The predicted molar refractivity (Wildman–Crippen MR) is 76.7 cm³/mol. The number of anilines is 1. The lowest BCUT2D eigenvalue weighted by Gasteiger charge is -2.33. The Kier molecular flexibility index (Phi) is 5.03. The third-order valence-corrected chi connectivity index (χ3v) is 6.05. The first-order valence-corrected chi connectivity index (χ1v) is 8.35. The number of hydrogen-bond acceptors (Lipinski definition) is 7. The summed E-state index contributed by atoms with van der Waals surface area (Å²) in [6, 6.07) is 2.87. The minimum atomic E-state index is -3.66. The molecule has 112 valence electrons. The van der Waals surface area contributed by atoms with Gasteiger partial charge in [-0.3, -0.25) is 0 Å². The van der Waals surface area contributed by atoms with Crippen molar-refractivity contribution in [3.63, 3.8) is 0 Å². The van der Waals surface area contributed by atoms with Gasteiger partial charge >= 0.3 is 0 Å². The van der Waals surface area contributed by atoms with E-state index in [9.17, 15) is 8.42 Å². The number of halogens is 2. The molecule has 2 rings (SSSR count). The van der Waals surface area contributed by atoms with Gasteiger partial charge in [-0.1, -0.05) is 11.6 Å². The zero-order valence-corrected chi connectivity index (χ0v) is 13.3. The summed E-state index contributed by atoms with van der Waals surface area (Å²) in [5.41, 5.74) is 0.386. The highest BCUT2D eigenvalue weighted by Crippen LogP contribution is 2.39. The molecule has 1 heterocycles. The van der Waals surface area contributed by atoms with Gasteiger partial charge in [0, 0.05) is 7.05 Å². The average Bonchev–Trinajstić information content (AvgIpc) is 2.41. The number of benzene rings is 1. The number of nitrogens with zero attached hydrogens (tertiary/aromatic N) is 1. The fourth-order valence-electron chi connectivity index (χ4n) is 1.71. The van der Waals surface area contributed by atoms with Crippen LogP contribution < -0.4 is 11.2 Å². The molecule has 1 unspecified atom stereocenters. The highest BCUT2D eigenvalue weighted by Gasteiger charge is 2.35. The maximum absolute atomic E-state index is 12.4. The van der Waals surface area contributed by atoms with Crippen LogP contribution in [0.2, 0.25) is 5.02 Å². The van der Waals surface area contributed by atoms with Crippen molar-refractivity contribution in [2.75, 3.05) is 18.2 Å². The Morgan fingerprint density at radius 3 is 2.85 bits per heavy atom. The van der Waals surface area contributed by atoms with E-state index >= 15 is 0 Å². The molecule has 0 saturated heterocycles. The molecule has 11 heteroatoms. The Labute approximate surface area is 130 Å². The molecule has 0 fully saturated rings. The van der Waals surface area contributed by atoms with Crippen molar-refractivity contribution in [1.29, 1.82) is 0 Å². The minimum absolute atomic E-state index is 0.0777. The van der Waals surface area contributed by atoms with Gasteiger partial charge in [-0.25, -0.2) is 8.42 Å². The highest BCUT2D eigenvalue weighted by molar-refractivity contribution is 7.94. The van der Waals surface area contributed by atoms with Crippen molar-refractivity contribution in [2.24, 2.45) is 5.90 Å². The lowest BCUT2D eigenvalue weighted by atomic mass is 10.3. The molecule has 3 N–H and O–H groups in total. The first-order valence-electron chi connectivity index (χ1n) is 5.26. The fraction of sp³-hybridized carbons (Fsp3) is 0.333. The minimum Gasteiger partial charge on any atom is -0.367 e. The summed E-state index contributed by atoms with van der Waals surface area (Å²) < 4.78 is 30.4. The number of nitrogens with two attached hydrogens (primary N) is 1. The normalized spacial score (nSPS) is 21.3. The van der Waals surface area contributed by atoms with Crippen LogP contribution in [0.15, 0.2) is 21.9 Å². The molecule has 0 bridgehead atoms. The lowest BCUT2D eigenvalue weighted by Crippen LogP contribution is -2.47. The van der Waals surface area contributed by atoms with Gasteiger partial charge < -0.3 is 5.32 Å². The maximum atomic E-state index is 12.4. The number of nitrogens with one attached hydrogen (secondary N) is 1. The summed E-state index contributed by atoms with van der Waals surface area (Å²) in [5, 5.41) is 3.30. The van der Waals surface area contributed by atoms with Crippen LogP contribution in [0.5, 0.6) is 0 Å². The molecule has 20 heavy (non-hydrogen) atoms. The van der Waals surface area contributed by atoms with Crippen LogP contribution in [0, 0.1) is 0 Å². The van der Waals surface area contributed by atoms with Crippen molar-refractivity contribution in [1.82, 2.24) is 4.31 Å². The SMILES string of the molecule is CN1C(CCl)Nc2cc(Cl)c(SOON)cc2S1(=O)=O. The van der Waals surface area contributed by atoms with E-state index in [1.54, 1.807) is 0 Å². The van der Waals surface area contributed by atoms with E-state index in [2.05, 4.69) is 14.6 Å². The molecule has 0 aliphatic carbocycles. The van der Waals surface area contributed by atoms with Gasteiger partial charge in [-0.15, -0.1) is 20.9 Å². The highest BCUT2D eigenvalue weighted by atomic mass is 35.5. The fourth-order valence-corrected chi connectivity index (χ4v) is 4.26. The molecular weight excluding hydrogens is 349 g/mol. The number of sulfonamides is 1. The van der Waals surface area contributed by atoms with Crippen molar-refractivity contribution in [2.45, 2.75) is 16.0 Å². The Morgan fingerprint density at radius 1 is 1.55 bits per heavy atom. The smallest absolute Gasteiger partial charge is 0.246 e. The Balaban J connectivity index is 2.50. The van der Waals surface area contributed by atoms with Gasteiger partial charge in [0.25, 0.3) is 0 Å². The van der Waals surface area contributed by atoms with Crippen molar-refractivity contribution in [3.05, 3.63) is 17.2 Å². The topological polar surface area (TPSA) is 93.9 Å². The van der Waals surface area contributed by atoms with Crippen LogP contribution in [-0.2, 0) is 19.3 Å². The van der Waals surface area contributed by atoms with Crippen LogP contribution in [-0.4, -0.2) is 31.8 Å². The average molecular weight is 360 g/mol. The third kappa shape index (κ3) is 2.85. The molecule has 0 saturated carbocycles. The van der Waals surface area contributed by atoms with Crippen LogP contribution >= 0.6 is 35.2 Å². The maximum Gasteiger partial charge on any atom is 0.246 e. The van der Waals surface area contributed by atoms with Gasteiger partial charge in [0.05, 0.1) is 33.5 Å². The number of alkyl halides is 1. The molecule has 1 aromatic rings. The second-order valence-corrected chi connectivity index (χ2v) is 7.29. The Morgan fingerprint density at radius 2 is 2.25 bits per heavy atom. The second-order valence-electron chi connectivity index (χ2n) is 3.86. The molecule has 1 aliphatic rings. The molecular formula is C9H11Cl2N3O4S2. The van der Waals surface area contributed by atoms with E-state index in [0.717, 1.165) is 4.31 Å². The van der Waals surface area contributed by atoms with Crippen LogP contribution in [0.3, 0.4) is 0 Å². The lowest BCUT2D eigenvalue weighted by molar-refractivity contribution is -0.195. The van der Waals surface area contributed by atoms with Crippen molar-refractivity contribution < 1.29 is 17.7 Å². The first kappa shape index (κ1) is 16.1. The number of hydrogen-bond donors (Lipinski definition) is 2. The quantitative estimate of drug-likeness (QED) is 0.366. The summed E-state index contributed by atoms with van der Waals surface area (Å²) in [4.78, 5) is 4.40. The van der Waals surface area contributed by atoms with E-state index in [0.29, 0.717) is 27.6 Å². The predicted octanol–water partition coefficient (Wildman–Crippen LogP) is 1.78. The molecule has 0 radical (unpaired) electrons. The van der Waals surface area contributed by atoms with E-state index in [1.165, 1.54) is 19.2 Å². The molecule has 1 aliphatic heterocycles. The van der Waals surface area contributed by atoms with Gasteiger partial charge in [0.2, 0.25) is 10.0 Å². The molecule has 1 atom stereocenters. The molecule has 0 aromatic heterocycles. The van der Waals surface area contributed by atoms with Crippen LogP contribution in [0.1, 0.15) is 0 Å². The standard InChI is InChI=1S/C9H11Cl2N3O4S2/c1-14-9(4-10)13-6-2-5(11)7(19-18-17-12)3-8(6)20(14,15)16/h2-3,9,13H,4,12H2,1H3. The summed E-state index contributed by atoms with van der Waals surface area (Å²) in [5.74, 6) is 4.84. The molecule has 0 spiro atoms. The second kappa shape index (κ2) is 6.24. The van der Waals surface area contributed by atoms with E-state index in [-0.39, 0.29) is 10.8 Å². The first-order chi connectivity index (χ1) is 9.41. The third-order valence-electron chi connectivity index (χ3n) is 2.76. The van der Waals surface area contributed by atoms with Gasteiger partial charge in [-0.2, -0.15) is 10.2 Å². The summed E-state index contributed by atoms with van der Waals surface area (Å²) in [7, 11) is -2.22.